The first-order valence-corrected chi connectivity index (χ1v) is 9.07. The van der Waals surface area contributed by atoms with E-state index in [-0.39, 0.29) is 11.8 Å². The highest BCUT2D eigenvalue weighted by molar-refractivity contribution is 7.91. The normalized spacial score (nSPS) is 20.9. The molecule has 1 unspecified atom stereocenters. The molecule has 4 nitrogen and oxygen atoms in total. The van der Waals surface area contributed by atoms with E-state index in [0.29, 0.717) is 25.3 Å². The SMILES string of the molecule is CCCc1ccc(OCCNC2CCS(=O)(=O)C2)cc1. The number of sulfone groups is 1. The Hall–Kier alpha value is -1.07. The van der Waals surface area contributed by atoms with Gasteiger partial charge in [0.25, 0.3) is 0 Å². The average molecular weight is 297 g/mol. The molecule has 1 fully saturated rings. The van der Waals surface area contributed by atoms with Crippen LogP contribution in [0.1, 0.15) is 25.3 Å². The smallest absolute Gasteiger partial charge is 0.151 e. The molecule has 1 aliphatic heterocycles. The van der Waals surface area contributed by atoms with Gasteiger partial charge in [-0.2, -0.15) is 0 Å². The monoisotopic (exact) mass is 297 g/mol. The van der Waals surface area contributed by atoms with Gasteiger partial charge in [-0.25, -0.2) is 8.42 Å². The van der Waals surface area contributed by atoms with Crippen LogP contribution in [0.2, 0.25) is 0 Å². The Bertz CT molecular complexity index is 510. The molecular formula is C15H23NO3S. The van der Waals surface area contributed by atoms with Crippen molar-refractivity contribution in [3.63, 3.8) is 0 Å². The summed E-state index contributed by atoms with van der Waals surface area (Å²) >= 11 is 0. The molecule has 112 valence electrons. The first-order valence-electron chi connectivity index (χ1n) is 7.24. The molecule has 1 heterocycles. The van der Waals surface area contributed by atoms with Gasteiger partial charge in [0.15, 0.2) is 9.84 Å². The summed E-state index contributed by atoms with van der Waals surface area (Å²) in [5, 5.41) is 3.23. The Labute approximate surface area is 121 Å². The Balaban J connectivity index is 1.66. The molecule has 1 aromatic rings. The zero-order valence-electron chi connectivity index (χ0n) is 12.0. The molecule has 0 saturated carbocycles. The van der Waals surface area contributed by atoms with Crippen LogP contribution in [0.25, 0.3) is 0 Å². The zero-order chi connectivity index (χ0) is 14.4. The third-order valence-electron chi connectivity index (χ3n) is 3.50. The van der Waals surface area contributed by atoms with Crippen molar-refractivity contribution in [1.29, 1.82) is 0 Å². The van der Waals surface area contributed by atoms with E-state index < -0.39 is 9.84 Å². The van der Waals surface area contributed by atoms with Crippen LogP contribution in [-0.2, 0) is 16.3 Å². The van der Waals surface area contributed by atoms with Crippen molar-refractivity contribution >= 4 is 9.84 Å². The molecule has 1 N–H and O–H groups in total. The fraction of sp³-hybridized carbons (Fsp3) is 0.600. The minimum Gasteiger partial charge on any atom is -0.492 e. The summed E-state index contributed by atoms with van der Waals surface area (Å²) in [6.07, 6.45) is 2.96. The predicted octanol–water partition coefficient (Wildman–Crippen LogP) is 1.79. The molecule has 0 bridgehead atoms. The van der Waals surface area contributed by atoms with Crippen molar-refractivity contribution in [2.75, 3.05) is 24.7 Å². The van der Waals surface area contributed by atoms with E-state index in [1.54, 1.807) is 0 Å². The molecule has 0 amide bonds. The molecular weight excluding hydrogens is 274 g/mol. The van der Waals surface area contributed by atoms with E-state index in [4.69, 9.17) is 4.74 Å². The van der Waals surface area contributed by atoms with E-state index in [2.05, 4.69) is 24.4 Å². The quantitative estimate of drug-likeness (QED) is 0.780. The minimum absolute atomic E-state index is 0.0931. The van der Waals surface area contributed by atoms with Gasteiger partial charge in [-0.3, -0.25) is 0 Å². The Kier molecular flexibility index (Phi) is 5.43. The Morgan fingerprint density at radius 2 is 2.05 bits per heavy atom. The number of ether oxygens (including phenoxy) is 1. The lowest BCUT2D eigenvalue weighted by Gasteiger charge is -2.11. The van der Waals surface area contributed by atoms with Crippen LogP contribution in [-0.4, -0.2) is 39.1 Å². The van der Waals surface area contributed by atoms with Gasteiger partial charge in [-0.05, 0) is 30.5 Å². The third-order valence-corrected chi connectivity index (χ3v) is 5.27. The van der Waals surface area contributed by atoms with Crippen LogP contribution in [0.3, 0.4) is 0 Å². The van der Waals surface area contributed by atoms with Crippen LogP contribution >= 0.6 is 0 Å². The maximum absolute atomic E-state index is 11.3. The van der Waals surface area contributed by atoms with Crippen LogP contribution in [0.4, 0.5) is 0 Å². The number of nitrogens with one attached hydrogen (secondary N) is 1. The first-order chi connectivity index (χ1) is 9.59. The third kappa shape index (κ3) is 4.80. The summed E-state index contributed by atoms with van der Waals surface area (Å²) in [5.74, 6) is 1.44. The van der Waals surface area contributed by atoms with Crippen molar-refractivity contribution in [1.82, 2.24) is 5.32 Å². The van der Waals surface area contributed by atoms with E-state index in [9.17, 15) is 8.42 Å². The van der Waals surface area contributed by atoms with Crippen LogP contribution in [0, 0.1) is 0 Å². The maximum Gasteiger partial charge on any atom is 0.151 e. The first kappa shape index (κ1) is 15.3. The minimum atomic E-state index is -2.80. The second-order valence-corrected chi connectivity index (χ2v) is 7.53. The number of benzene rings is 1. The molecule has 1 saturated heterocycles. The van der Waals surface area contributed by atoms with Crippen molar-refractivity contribution in [2.24, 2.45) is 0 Å². The molecule has 0 spiro atoms. The van der Waals surface area contributed by atoms with E-state index in [1.807, 2.05) is 12.1 Å². The molecule has 0 aromatic heterocycles. The summed E-state index contributed by atoms with van der Waals surface area (Å²) in [6.45, 7) is 3.40. The van der Waals surface area contributed by atoms with Gasteiger partial charge in [0.05, 0.1) is 11.5 Å². The fourth-order valence-electron chi connectivity index (χ4n) is 2.43. The summed E-state index contributed by atoms with van der Waals surface area (Å²) in [4.78, 5) is 0. The molecule has 1 aromatic carbocycles. The average Bonchev–Trinajstić information content (AvgIpc) is 2.76. The highest BCUT2D eigenvalue weighted by Gasteiger charge is 2.26. The van der Waals surface area contributed by atoms with Crippen molar-refractivity contribution in [3.8, 4) is 5.75 Å². The molecule has 0 radical (unpaired) electrons. The lowest BCUT2D eigenvalue weighted by molar-refractivity contribution is 0.307. The zero-order valence-corrected chi connectivity index (χ0v) is 12.8. The largest absolute Gasteiger partial charge is 0.492 e. The summed E-state index contributed by atoms with van der Waals surface area (Å²) in [7, 11) is -2.80. The molecule has 0 aliphatic carbocycles. The van der Waals surface area contributed by atoms with Gasteiger partial charge in [0.1, 0.15) is 12.4 Å². The lowest BCUT2D eigenvalue weighted by atomic mass is 10.1. The number of aryl methyl sites for hydroxylation is 1. The summed E-state index contributed by atoms with van der Waals surface area (Å²) in [5.41, 5.74) is 1.33. The van der Waals surface area contributed by atoms with Gasteiger partial charge in [-0.15, -0.1) is 0 Å². The van der Waals surface area contributed by atoms with Crippen LogP contribution in [0.5, 0.6) is 5.75 Å². The number of hydrogen-bond acceptors (Lipinski definition) is 4. The van der Waals surface area contributed by atoms with Gasteiger partial charge in [0, 0.05) is 12.6 Å². The Morgan fingerprint density at radius 1 is 1.30 bits per heavy atom. The highest BCUT2D eigenvalue weighted by atomic mass is 32.2. The van der Waals surface area contributed by atoms with Gasteiger partial charge >= 0.3 is 0 Å². The lowest BCUT2D eigenvalue weighted by Crippen LogP contribution is -2.33. The van der Waals surface area contributed by atoms with E-state index >= 15 is 0 Å². The van der Waals surface area contributed by atoms with Crippen molar-refractivity contribution < 1.29 is 13.2 Å². The summed E-state index contributed by atoms with van der Waals surface area (Å²) in [6, 6.07) is 8.26. The second kappa shape index (κ2) is 7.09. The van der Waals surface area contributed by atoms with Gasteiger partial charge in [0.2, 0.25) is 0 Å². The molecule has 2 rings (SSSR count). The fourth-order valence-corrected chi connectivity index (χ4v) is 4.14. The second-order valence-electron chi connectivity index (χ2n) is 5.30. The highest BCUT2D eigenvalue weighted by Crippen LogP contribution is 2.13. The standard InChI is InChI=1S/C15H23NO3S/c1-2-3-13-4-6-15(7-5-13)19-10-9-16-14-8-11-20(17,18)12-14/h4-7,14,16H,2-3,8-12H2,1H3. The topological polar surface area (TPSA) is 55.4 Å². The molecule has 5 heteroatoms. The summed E-state index contributed by atoms with van der Waals surface area (Å²) < 4.78 is 28.3. The Morgan fingerprint density at radius 3 is 2.65 bits per heavy atom. The van der Waals surface area contributed by atoms with Crippen LogP contribution in [0.15, 0.2) is 24.3 Å². The maximum atomic E-state index is 11.3. The van der Waals surface area contributed by atoms with E-state index in [1.165, 1.54) is 5.56 Å². The van der Waals surface area contributed by atoms with Gasteiger partial charge in [-0.1, -0.05) is 25.5 Å². The molecule has 20 heavy (non-hydrogen) atoms. The molecule has 1 atom stereocenters. The van der Waals surface area contributed by atoms with Crippen molar-refractivity contribution in [3.05, 3.63) is 29.8 Å². The van der Waals surface area contributed by atoms with Crippen LogP contribution < -0.4 is 10.1 Å². The van der Waals surface area contributed by atoms with Gasteiger partial charge < -0.3 is 10.1 Å². The number of rotatable bonds is 7. The number of hydrogen-bond donors (Lipinski definition) is 1. The van der Waals surface area contributed by atoms with Crippen molar-refractivity contribution in [2.45, 2.75) is 32.2 Å². The molecule has 1 aliphatic rings. The predicted molar refractivity (Wildman–Crippen MR) is 81.0 cm³/mol. The van der Waals surface area contributed by atoms with E-state index in [0.717, 1.165) is 18.6 Å².